The van der Waals surface area contributed by atoms with Gasteiger partial charge in [-0.3, -0.25) is 9.36 Å². The van der Waals surface area contributed by atoms with Crippen LogP contribution in [0.15, 0.2) is 47.4 Å². The topological polar surface area (TPSA) is 48.0 Å². The Balaban J connectivity index is 2.67. The molecule has 1 aromatic heterocycles. The highest BCUT2D eigenvalue weighted by molar-refractivity contribution is 5.43. The fourth-order valence-corrected chi connectivity index (χ4v) is 1.82. The average molecular weight is 228 g/mol. The van der Waals surface area contributed by atoms with Crippen molar-refractivity contribution in [1.29, 1.82) is 0 Å². The normalized spacial score (nSPS) is 10.8. The first-order chi connectivity index (χ1) is 8.09. The Labute approximate surface area is 101 Å². The van der Waals surface area contributed by atoms with Crippen LogP contribution in [0.4, 0.5) is 5.69 Å². The van der Waals surface area contributed by atoms with Gasteiger partial charge in [0.1, 0.15) is 0 Å². The smallest absolute Gasteiger partial charge is 0.258 e. The molecule has 17 heavy (non-hydrogen) atoms. The van der Waals surface area contributed by atoms with Gasteiger partial charge in [0.2, 0.25) is 0 Å². The van der Waals surface area contributed by atoms with Gasteiger partial charge in [0, 0.05) is 23.1 Å². The molecular formula is C14H16N2O. The molecule has 1 heterocycles. The number of hydrogen-bond donors (Lipinski definition) is 1. The summed E-state index contributed by atoms with van der Waals surface area (Å²) in [5.41, 5.74) is 8.04. The second-order valence-corrected chi connectivity index (χ2v) is 4.39. The van der Waals surface area contributed by atoms with E-state index in [2.05, 4.69) is 0 Å². The third-order valence-corrected chi connectivity index (χ3v) is 2.72. The summed E-state index contributed by atoms with van der Waals surface area (Å²) < 4.78 is 1.60. The van der Waals surface area contributed by atoms with Crippen LogP contribution in [0.25, 0.3) is 5.69 Å². The first-order valence-electron chi connectivity index (χ1n) is 5.67. The Hall–Kier alpha value is -2.03. The third kappa shape index (κ3) is 2.23. The van der Waals surface area contributed by atoms with Crippen LogP contribution < -0.4 is 11.3 Å². The number of nitrogens with zero attached hydrogens (tertiary/aromatic N) is 1. The lowest BCUT2D eigenvalue weighted by Gasteiger charge is -2.11. The number of anilines is 1. The van der Waals surface area contributed by atoms with Crippen molar-refractivity contribution in [3.05, 3.63) is 58.5 Å². The summed E-state index contributed by atoms with van der Waals surface area (Å²) in [6.45, 7) is 3.98. The molecule has 0 aliphatic heterocycles. The van der Waals surface area contributed by atoms with Gasteiger partial charge in [-0.2, -0.15) is 0 Å². The van der Waals surface area contributed by atoms with Crippen molar-refractivity contribution in [1.82, 2.24) is 4.57 Å². The van der Waals surface area contributed by atoms with Gasteiger partial charge in [0.05, 0.1) is 0 Å². The molecule has 2 aromatic rings. The summed E-state index contributed by atoms with van der Waals surface area (Å²) in [4.78, 5) is 12.3. The first kappa shape index (κ1) is 11.5. The zero-order valence-corrected chi connectivity index (χ0v) is 10.1. The summed E-state index contributed by atoms with van der Waals surface area (Å²) in [6, 6.07) is 11.3. The maximum Gasteiger partial charge on any atom is 0.258 e. The van der Waals surface area contributed by atoms with E-state index in [9.17, 15) is 4.79 Å². The fourth-order valence-electron chi connectivity index (χ4n) is 1.82. The maximum atomic E-state index is 12.3. The highest BCUT2D eigenvalue weighted by Crippen LogP contribution is 2.15. The lowest BCUT2D eigenvalue weighted by molar-refractivity contribution is 0.821. The Morgan fingerprint density at radius 2 is 1.82 bits per heavy atom. The highest BCUT2D eigenvalue weighted by atomic mass is 16.1. The van der Waals surface area contributed by atoms with Crippen LogP contribution in [0.3, 0.4) is 0 Å². The average Bonchev–Trinajstić information content (AvgIpc) is 2.32. The van der Waals surface area contributed by atoms with Crippen molar-refractivity contribution in [2.24, 2.45) is 0 Å². The first-order valence-corrected chi connectivity index (χ1v) is 5.67. The molecule has 0 radical (unpaired) electrons. The molecule has 0 saturated carbocycles. The lowest BCUT2D eigenvalue weighted by atomic mass is 10.0. The Morgan fingerprint density at radius 3 is 2.41 bits per heavy atom. The van der Waals surface area contributed by atoms with Crippen LogP contribution >= 0.6 is 0 Å². The van der Waals surface area contributed by atoms with Gasteiger partial charge in [-0.25, -0.2) is 0 Å². The van der Waals surface area contributed by atoms with Gasteiger partial charge in [-0.05, 0) is 24.1 Å². The molecule has 0 spiro atoms. The van der Waals surface area contributed by atoms with E-state index in [1.807, 2.05) is 44.2 Å². The van der Waals surface area contributed by atoms with Crippen molar-refractivity contribution in [2.75, 3.05) is 5.73 Å². The molecule has 3 nitrogen and oxygen atoms in total. The Morgan fingerprint density at radius 1 is 1.18 bits per heavy atom. The number of benzene rings is 1. The predicted molar refractivity (Wildman–Crippen MR) is 70.5 cm³/mol. The summed E-state index contributed by atoms with van der Waals surface area (Å²) in [7, 11) is 0. The number of para-hydroxylation sites is 1. The molecule has 0 bridgehead atoms. The molecule has 0 amide bonds. The van der Waals surface area contributed by atoms with Crippen molar-refractivity contribution >= 4 is 5.69 Å². The summed E-state index contributed by atoms with van der Waals surface area (Å²) in [6.07, 6.45) is 1.67. The predicted octanol–water partition coefficient (Wildman–Crippen LogP) is 2.54. The van der Waals surface area contributed by atoms with Gasteiger partial charge in [-0.1, -0.05) is 32.0 Å². The van der Waals surface area contributed by atoms with Crippen LogP contribution in [0.2, 0.25) is 0 Å². The van der Waals surface area contributed by atoms with E-state index in [0.29, 0.717) is 5.69 Å². The zero-order chi connectivity index (χ0) is 12.4. The summed E-state index contributed by atoms with van der Waals surface area (Å²) in [5, 5.41) is 0. The SMILES string of the molecule is CC(C)c1cc(N)cn(-c2ccccc2)c1=O. The van der Waals surface area contributed by atoms with Gasteiger partial charge >= 0.3 is 0 Å². The lowest BCUT2D eigenvalue weighted by Crippen LogP contribution is -2.23. The molecule has 0 unspecified atom stereocenters. The molecule has 2 N–H and O–H groups in total. The van der Waals surface area contributed by atoms with Crippen LogP contribution in [-0.2, 0) is 0 Å². The van der Waals surface area contributed by atoms with Crippen LogP contribution in [-0.4, -0.2) is 4.57 Å². The quantitative estimate of drug-likeness (QED) is 0.858. The minimum atomic E-state index is 0.000370. The van der Waals surface area contributed by atoms with E-state index in [-0.39, 0.29) is 11.5 Å². The molecule has 0 fully saturated rings. The summed E-state index contributed by atoms with van der Waals surface area (Å²) >= 11 is 0. The second-order valence-electron chi connectivity index (χ2n) is 4.39. The molecule has 2 rings (SSSR count). The molecule has 3 heteroatoms. The van der Waals surface area contributed by atoms with E-state index in [0.717, 1.165) is 11.3 Å². The number of aromatic nitrogens is 1. The zero-order valence-electron chi connectivity index (χ0n) is 10.1. The number of nitrogen functional groups attached to an aromatic ring is 1. The Kier molecular flexibility index (Phi) is 3.00. The summed E-state index contributed by atoms with van der Waals surface area (Å²) in [5.74, 6) is 0.168. The minimum absolute atomic E-state index is 0.000370. The molecule has 0 aliphatic rings. The fraction of sp³-hybridized carbons (Fsp3) is 0.214. The van der Waals surface area contributed by atoms with Crippen molar-refractivity contribution in [2.45, 2.75) is 19.8 Å². The molecule has 0 saturated heterocycles. The minimum Gasteiger partial charge on any atom is -0.398 e. The van der Waals surface area contributed by atoms with Crippen molar-refractivity contribution in [3.8, 4) is 5.69 Å². The third-order valence-electron chi connectivity index (χ3n) is 2.72. The second kappa shape index (κ2) is 4.45. The van der Waals surface area contributed by atoms with Crippen molar-refractivity contribution in [3.63, 3.8) is 0 Å². The largest absolute Gasteiger partial charge is 0.398 e. The monoisotopic (exact) mass is 228 g/mol. The molecule has 88 valence electrons. The number of rotatable bonds is 2. The highest BCUT2D eigenvalue weighted by Gasteiger charge is 2.09. The van der Waals surface area contributed by atoms with Crippen LogP contribution in [0.1, 0.15) is 25.3 Å². The molecular weight excluding hydrogens is 212 g/mol. The van der Waals surface area contributed by atoms with E-state index in [1.54, 1.807) is 16.8 Å². The van der Waals surface area contributed by atoms with E-state index in [1.165, 1.54) is 0 Å². The number of nitrogens with two attached hydrogens (primary N) is 1. The van der Waals surface area contributed by atoms with Crippen LogP contribution in [0, 0.1) is 0 Å². The van der Waals surface area contributed by atoms with Gasteiger partial charge in [-0.15, -0.1) is 0 Å². The molecule has 0 aliphatic carbocycles. The number of pyridine rings is 1. The van der Waals surface area contributed by atoms with Gasteiger partial charge in [0.25, 0.3) is 5.56 Å². The van der Waals surface area contributed by atoms with E-state index >= 15 is 0 Å². The number of hydrogen-bond acceptors (Lipinski definition) is 2. The maximum absolute atomic E-state index is 12.3. The molecule has 1 aromatic carbocycles. The van der Waals surface area contributed by atoms with Crippen LogP contribution in [0.5, 0.6) is 0 Å². The standard InChI is InChI=1S/C14H16N2O/c1-10(2)13-8-11(15)9-16(14(13)17)12-6-4-3-5-7-12/h3-10H,15H2,1-2H3. The molecule has 0 atom stereocenters. The van der Waals surface area contributed by atoms with Gasteiger partial charge < -0.3 is 5.73 Å². The van der Waals surface area contributed by atoms with Gasteiger partial charge in [0.15, 0.2) is 0 Å². The van der Waals surface area contributed by atoms with Crippen molar-refractivity contribution < 1.29 is 0 Å². The Bertz CT molecular complexity index is 571. The van der Waals surface area contributed by atoms with E-state index in [4.69, 9.17) is 5.73 Å². The van der Waals surface area contributed by atoms with E-state index < -0.39 is 0 Å².